The lowest BCUT2D eigenvalue weighted by molar-refractivity contribution is -0.179. The minimum absolute atomic E-state index is 0.721. The van der Waals surface area contributed by atoms with Gasteiger partial charge in [0.05, 0.1) is 5.60 Å². The topological polar surface area (TPSA) is 26.3 Å². The lowest BCUT2D eigenvalue weighted by atomic mass is 10.2. The molecule has 0 rings (SSSR count). The van der Waals surface area contributed by atoms with E-state index in [0.29, 0.717) is 0 Å². The minimum atomic E-state index is -4.79. The van der Waals surface area contributed by atoms with Crippen LogP contribution in [0.25, 0.3) is 0 Å². The molecule has 2 nitrogen and oxygen atoms in total. The quantitative estimate of drug-likeness (QED) is 0.655. The molecule has 0 aliphatic carbocycles. The van der Waals surface area contributed by atoms with E-state index in [1.165, 1.54) is 0 Å². The summed E-state index contributed by atoms with van der Waals surface area (Å²) in [4.78, 5) is 10.3. The molecule has 0 heterocycles. The molecule has 0 saturated carbocycles. The van der Waals surface area contributed by atoms with Gasteiger partial charge in [0.2, 0.25) is 0 Å². The second kappa shape index (κ2) is 3.43. The van der Waals surface area contributed by atoms with Gasteiger partial charge in [-0.3, -0.25) is 4.79 Å². The van der Waals surface area contributed by atoms with Gasteiger partial charge in [-0.2, -0.15) is 13.2 Å². The molecule has 0 aromatic rings. The van der Waals surface area contributed by atoms with Crippen LogP contribution in [0.3, 0.4) is 0 Å². The fraction of sp³-hybridized carbons (Fsp3) is 0.857. The van der Waals surface area contributed by atoms with Gasteiger partial charge in [-0.1, -0.05) is 0 Å². The van der Waals surface area contributed by atoms with Gasteiger partial charge in [-0.15, -0.1) is 0 Å². The largest absolute Gasteiger partial charge is 0.452 e. The number of carbonyl (C=O) groups is 1. The van der Waals surface area contributed by atoms with Crippen molar-refractivity contribution in [2.75, 3.05) is 6.61 Å². The van der Waals surface area contributed by atoms with Crippen molar-refractivity contribution in [3.63, 3.8) is 0 Å². The third-order valence-electron chi connectivity index (χ3n) is 0.952. The van der Waals surface area contributed by atoms with E-state index in [9.17, 15) is 18.0 Å². The maximum Gasteiger partial charge on any atom is 0.452 e. The Labute approximate surface area is 68.7 Å². The van der Waals surface area contributed by atoms with Gasteiger partial charge in [0, 0.05) is 0 Å². The third kappa shape index (κ3) is 5.12. The zero-order chi connectivity index (χ0) is 9.99. The lowest BCUT2D eigenvalue weighted by Crippen LogP contribution is -2.31. The van der Waals surface area contributed by atoms with E-state index >= 15 is 0 Å². The summed E-state index contributed by atoms with van der Waals surface area (Å²) in [5, 5.41) is 0. The summed E-state index contributed by atoms with van der Waals surface area (Å²) in [6.45, 7) is 3.83. The molecule has 0 saturated heterocycles. The number of carbonyl (C=O) groups excluding carboxylic acids is 1. The maximum atomic E-state index is 11.6. The molecule has 0 aromatic heterocycles. The molecule has 0 N–H and O–H groups in total. The zero-order valence-electron chi connectivity index (χ0n) is 7.16. The van der Waals surface area contributed by atoms with Gasteiger partial charge < -0.3 is 4.74 Å². The smallest absolute Gasteiger partial charge is 0.368 e. The Morgan fingerprint density at radius 2 is 1.67 bits per heavy atom. The summed E-state index contributed by atoms with van der Waals surface area (Å²) in [6, 6.07) is 0. The van der Waals surface area contributed by atoms with E-state index in [1.54, 1.807) is 20.8 Å². The normalized spacial score (nSPS) is 13.2. The van der Waals surface area contributed by atoms with Crippen LogP contribution in [-0.4, -0.2) is 24.2 Å². The van der Waals surface area contributed by atoms with Crippen molar-refractivity contribution < 1.29 is 22.7 Å². The molecule has 0 amide bonds. The van der Waals surface area contributed by atoms with E-state index in [2.05, 4.69) is 4.74 Å². The van der Waals surface area contributed by atoms with Crippen LogP contribution in [0.5, 0.6) is 0 Å². The van der Waals surface area contributed by atoms with Crippen molar-refractivity contribution in [3.05, 3.63) is 0 Å². The molecule has 12 heavy (non-hydrogen) atoms. The Hall–Kier alpha value is -0.580. The van der Waals surface area contributed by atoms with Crippen LogP contribution < -0.4 is 0 Å². The summed E-state index contributed by atoms with van der Waals surface area (Å²) < 4.78 is 39.4. The number of rotatable bonds is 2. The summed E-state index contributed by atoms with van der Waals surface area (Å²) in [5.41, 5.74) is -0.721. The minimum Gasteiger partial charge on any atom is -0.368 e. The fourth-order valence-corrected chi connectivity index (χ4v) is 0.364. The van der Waals surface area contributed by atoms with Crippen molar-refractivity contribution in [2.24, 2.45) is 0 Å². The molecular formula is C7H11F3O2. The summed E-state index contributed by atoms with van der Waals surface area (Å²) >= 11 is 0. The Balaban J connectivity index is 3.90. The molecule has 0 spiro atoms. The third-order valence-corrected chi connectivity index (χ3v) is 0.952. The average Bonchev–Trinajstić information content (AvgIpc) is 1.78. The van der Waals surface area contributed by atoms with E-state index in [0.717, 1.165) is 0 Å². The molecule has 0 fully saturated rings. The van der Waals surface area contributed by atoms with Crippen LogP contribution in [-0.2, 0) is 9.53 Å². The standard InChI is InChI=1S/C7H11F3O2/c1-6(2,3)12-4-5(11)7(8,9)10/h4H2,1-3H3. The van der Waals surface area contributed by atoms with Gasteiger partial charge >= 0.3 is 6.18 Å². The average molecular weight is 184 g/mol. The highest BCUT2D eigenvalue weighted by Gasteiger charge is 2.38. The molecule has 0 unspecified atom stereocenters. The van der Waals surface area contributed by atoms with E-state index in [-0.39, 0.29) is 0 Å². The highest BCUT2D eigenvalue weighted by atomic mass is 19.4. The Bertz CT molecular complexity index is 166. The second-order valence-electron chi connectivity index (χ2n) is 3.32. The van der Waals surface area contributed by atoms with E-state index < -0.39 is 24.2 Å². The monoisotopic (exact) mass is 184 g/mol. The van der Waals surface area contributed by atoms with Gasteiger partial charge in [0.1, 0.15) is 6.61 Å². The van der Waals surface area contributed by atoms with Crippen molar-refractivity contribution in [1.29, 1.82) is 0 Å². The van der Waals surface area contributed by atoms with Crippen LogP contribution in [0.4, 0.5) is 13.2 Å². The first-order valence-corrected chi connectivity index (χ1v) is 3.37. The van der Waals surface area contributed by atoms with E-state index in [1.807, 2.05) is 0 Å². The number of hydrogen-bond acceptors (Lipinski definition) is 2. The summed E-state index contributed by atoms with van der Waals surface area (Å²) in [5.74, 6) is -1.85. The highest BCUT2D eigenvalue weighted by Crippen LogP contribution is 2.17. The van der Waals surface area contributed by atoms with Crippen molar-refractivity contribution in [3.8, 4) is 0 Å². The molecule has 0 aliphatic rings. The molecule has 0 atom stereocenters. The fourth-order valence-electron chi connectivity index (χ4n) is 0.364. The molecule has 0 radical (unpaired) electrons. The number of alkyl halides is 3. The van der Waals surface area contributed by atoms with Crippen LogP contribution in [0.15, 0.2) is 0 Å². The SMILES string of the molecule is CC(C)(C)OCC(=O)C(F)(F)F. The molecule has 0 aliphatic heterocycles. The Kier molecular flexibility index (Phi) is 3.26. The molecule has 5 heteroatoms. The number of ether oxygens (including phenoxy) is 1. The number of halogens is 3. The Morgan fingerprint density at radius 3 is 1.92 bits per heavy atom. The first-order valence-electron chi connectivity index (χ1n) is 3.37. The molecule has 0 bridgehead atoms. The first-order chi connectivity index (χ1) is 5.13. The summed E-state index contributed by atoms with van der Waals surface area (Å²) in [6.07, 6.45) is -4.79. The van der Waals surface area contributed by atoms with Gasteiger partial charge in [0.25, 0.3) is 5.78 Å². The van der Waals surface area contributed by atoms with Crippen LogP contribution >= 0.6 is 0 Å². The van der Waals surface area contributed by atoms with Crippen LogP contribution in [0.2, 0.25) is 0 Å². The van der Waals surface area contributed by atoms with Gasteiger partial charge in [-0.25, -0.2) is 0 Å². The molecule has 72 valence electrons. The van der Waals surface area contributed by atoms with Crippen molar-refractivity contribution in [1.82, 2.24) is 0 Å². The number of ketones is 1. The summed E-state index contributed by atoms with van der Waals surface area (Å²) in [7, 11) is 0. The van der Waals surface area contributed by atoms with Gasteiger partial charge in [-0.05, 0) is 20.8 Å². The number of hydrogen-bond donors (Lipinski definition) is 0. The molecule has 0 aromatic carbocycles. The lowest BCUT2D eigenvalue weighted by Gasteiger charge is -2.19. The highest BCUT2D eigenvalue weighted by molar-refractivity contribution is 5.85. The second-order valence-corrected chi connectivity index (χ2v) is 3.32. The van der Waals surface area contributed by atoms with Gasteiger partial charge in [0.15, 0.2) is 0 Å². The van der Waals surface area contributed by atoms with Crippen molar-refractivity contribution in [2.45, 2.75) is 32.5 Å². The maximum absolute atomic E-state index is 11.6. The zero-order valence-corrected chi connectivity index (χ0v) is 7.16. The first kappa shape index (κ1) is 11.4. The predicted octanol–water partition coefficient (Wildman–Crippen LogP) is 1.93. The van der Waals surface area contributed by atoms with Crippen LogP contribution in [0.1, 0.15) is 20.8 Å². The van der Waals surface area contributed by atoms with Crippen molar-refractivity contribution >= 4 is 5.78 Å². The number of Topliss-reactive ketones (excluding diaryl/α,β-unsaturated/α-hetero) is 1. The van der Waals surface area contributed by atoms with E-state index in [4.69, 9.17) is 0 Å². The predicted molar refractivity (Wildman–Crippen MR) is 36.8 cm³/mol. The molecular weight excluding hydrogens is 173 g/mol. The van der Waals surface area contributed by atoms with Crippen LogP contribution in [0, 0.1) is 0 Å². The Morgan fingerprint density at radius 1 is 1.25 bits per heavy atom.